The van der Waals surface area contributed by atoms with E-state index in [0.29, 0.717) is 0 Å². The van der Waals surface area contributed by atoms with Crippen molar-refractivity contribution >= 4 is 11.3 Å². The molecule has 0 saturated carbocycles. The molecule has 1 atom stereocenters. The number of aromatic nitrogens is 1. The molecule has 14 heavy (non-hydrogen) atoms. The molecular weight excluding hydrogens is 192 g/mol. The summed E-state index contributed by atoms with van der Waals surface area (Å²) in [6, 6.07) is 0.105. The Balaban J connectivity index is 2.23. The summed E-state index contributed by atoms with van der Waals surface area (Å²) in [5, 5.41) is 1.12. The summed E-state index contributed by atoms with van der Waals surface area (Å²) < 4.78 is 0. The standard InChI is InChI=1S/C11H18N2S/c1-8(12)11-13-9-6-4-2-3-5-7-10(9)14-11/h8H,2-7,12H2,1H3. The largest absolute Gasteiger partial charge is 0.322 e. The third kappa shape index (κ3) is 2.15. The molecule has 0 bridgehead atoms. The molecule has 1 aliphatic carbocycles. The minimum Gasteiger partial charge on any atom is -0.322 e. The zero-order chi connectivity index (χ0) is 9.97. The maximum Gasteiger partial charge on any atom is 0.110 e. The number of fused-ring (bicyclic) bond motifs is 1. The van der Waals surface area contributed by atoms with E-state index in [1.165, 1.54) is 49.1 Å². The van der Waals surface area contributed by atoms with Crippen molar-refractivity contribution in [3.05, 3.63) is 15.6 Å². The van der Waals surface area contributed by atoms with E-state index < -0.39 is 0 Å². The van der Waals surface area contributed by atoms with Crippen molar-refractivity contribution in [1.82, 2.24) is 4.98 Å². The van der Waals surface area contributed by atoms with Gasteiger partial charge >= 0.3 is 0 Å². The number of nitrogens with two attached hydrogens (primary N) is 1. The molecular formula is C11H18N2S. The maximum atomic E-state index is 5.85. The molecule has 1 unspecified atom stereocenters. The molecule has 0 saturated heterocycles. The minimum absolute atomic E-state index is 0.105. The summed E-state index contributed by atoms with van der Waals surface area (Å²) in [7, 11) is 0. The zero-order valence-electron chi connectivity index (χ0n) is 8.75. The predicted molar refractivity (Wildman–Crippen MR) is 60.6 cm³/mol. The fourth-order valence-corrected chi connectivity index (χ4v) is 3.03. The average Bonchev–Trinajstić information content (AvgIpc) is 2.48. The molecule has 0 radical (unpaired) electrons. The van der Waals surface area contributed by atoms with Gasteiger partial charge in [0.05, 0.1) is 11.7 Å². The van der Waals surface area contributed by atoms with Crippen molar-refractivity contribution in [3.8, 4) is 0 Å². The monoisotopic (exact) mass is 210 g/mol. The molecule has 0 aliphatic heterocycles. The second-order valence-electron chi connectivity index (χ2n) is 4.12. The van der Waals surface area contributed by atoms with Gasteiger partial charge in [-0.3, -0.25) is 0 Å². The summed E-state index contributed by atoms with van der Waals surface area (Å²) >= 11 is 1.83. The van der Waals surface area contributed by atoms with Crippen molar-refractivity contribution in [2.24, 2.45) is 5.73 Å². The number of hydrogen-bond acceptors (Lipinski definition) is 3. The zero-order valence-corrected chi connectivity index (χ0v) is 9.57. The van der Waals surface area contributed by atoms with Crippen molar-refractivity contribution in [3.63, 3.8) is 0 Å². The van der Waals surface area contributed by atoms with E-state index in [-0.39, 0.29) is 6.04 Å². The van der Waals surface area contributed by atoms with Gasteiger partial charge in [-0.1, -0.05) is 12.8 Å². The molecule has 1 aromatic heterocycles. The van der Waals surface area contributed by atoms with Crippen LogP contribution in [0, 0.1) is 0 Å². The van der Waals surface area contributed by atoms with Gasteiger partial charge < -0.3 is 5.73 Å². The van der Waals surface area contributed by atoms with Crippen LogP contribution in [0.5, 0.6) is 0 Å². The molecule has 0 spiro atoms. The van der Waals surface area contributed by atoms with Gasteiger partial charge in [0.1, 0.15) is 5.01 Å². The number of nitrogens with zero attached hydrogens (tertiary/aromatic N) is 1. The second-order valence-corrected chi connectivity index (χ2v) is 5.24. The lowest BCUT2D eigenvalue weighted by atomic mass is 10.0. The molecule has 0 amide bonds. The van der Waals surface area contributed by atoms with E-state index in [1.807, 2.05) is 18.3 Å². The summed E-state index contributed by atoms with van der Waals surface area (Å²) in [6.45, 7) is 2.02. The highest BCUT2D eigenvalue weighted by Crippen LogP contribution is 2.27. The van der Waals surface area contributed by atoms with Crippen LogP contribution in [0.4, 0.5) is 0 Å². The van der Waals surface area contributed by atoms with Gasteiger partial charge in [0, 0.05) is 4.88 Å². The molecule has 78 valence electrons. The van der Waals surface area contributed by atoms with Gasteiger partial charge in [0.2, 0.25) is 0 Å². The third-order valence-corrected chi connectivity index (χ3v) is 4.11. The predicted octanol–water partition coefficient (Wildman–Crippen LogP) is 2.82. The summed E-state index contributed by atoms with van der Waals surface area (Å²) in [6.07, 6.45) is 7.76. The number of thiazole rings is 1. The number of hydrogen-bond donors (Lipinski definition) is 1. The van der Waals surface area contributed by atoms with E-state index >= 15 is 0 Å². The number of aryl methyl sites for hydroxylation is 2. The van der Waals surface area contributed by atoms with Gasteiger partial charge in [0.15, 0.2) is 0 Å². The Morgan fingerprint density at radius 2 is 1.93 bits per heavy atom. The van der Waals surface area contributed by atoms with Gasteiger partial charge in [-0.2, -0.15) is 0 Å². The van der Waals surface area contributed by atoms with E-state index in [0.717, 1.165) is 5.01 Å². The van der Waals surface area contributed by atoms with Gasteiger partial charge in [-0.25, -0.2) is 4.98 Å². The fraction of sp³-hybridized carbons (Fsp3) is 0.727. The number of rotatable bonds is 1. The molecule has 2 nitrogen and oxygen atoms in total. The first kappa shape index (κ1) is 10.1. The maximum absolute atomic E-state index is 5.85. The molecule has 3 heteroatoms. The SMILES string of the molecule is CC(N)c1nc2c(s1)CCCCCC2. The Hall–Kier alpha value is -0.410. The van der Waals surface area contributed by atoms with Crippen LogP contribution in [0.1, 0.15) is 54.2 Å². The topological polar surface area (TPSA) is 38.9 Å². The first-order chi connectivity index (χ1) is 6.77. The fourth-order valence-electron chi connectivity index (χ4n) is 1.92. The smallest absolute Gasteiger partial charge is 0.110 e. The molecule has 2 N–H and O–H groups in total. The molecule has 0 fully saturated rings. The average molecular weight is 210 g/mol. The van der Waals surface area contributed by atoms with Gasteiger partial charge in [-0.05, 0) is 32.6 Å². The molecule has 0 aromatic carbocycles. The van der Waals surface area contributed by atoms with Crippen LogP contribution in [0.15, 0.2) is 0 Å². The highest BCUT2D eigenvalue weighted by atomic mass is 32.1. The first-order valence-electron chi connectivity index (χ1n) is 5.51. The van der Waals surface area contributed by atoms with E-state index in [1.54, 1.807) is 0 Å². The third-order valence-electron chi connectivity index (χ3n) is 2.75. The lowest BCUT2D eigenvalue weighted by Crippen LogP contribution is -2.04. The summed E-state index contributed by atoms with van der Waals surface area (Å²) in [5.74, 6) is 0. The van der Waals surface area contributed by atoms with Crippen LogP contribution >= 0.6 is 11.3 Å². The van der Waals surface area contributed by atoms with E-state index in [4.69, 9.17) is 5.73 Å². The Morgan fingerprint density at radius 3 is 2.64 bits per heavy atom. The highest BCUT2D eigenvalue weighted by Gasteiger charge is 2.14. The van der Waals surface area contributed by atoms with Crippen LogP contribution in [-0.2, 0) is 12.8 Å². The van der Waals surface area contributed by atoms with Gasteiger partial charge in [-0.15, -0.1) is 11.3 Å². The Kier molecular flexibility index (Phi) is 3.19. The van der Waals surface area contributed by atoms with Crippen molar-refractivity contribution in [1.29, 1.82) is 0 Å². The lowest BCUT2D eigenvalue weighted by Gasteiger charge is -2.06. The Labute approximate surface area is 89.5 Å². The van der Waals surface area contributed by atoms with Crippen LogP contribution < -0.4 is 5.73 Å². The van der Waals surface area contributed by atoms with Crippen LogP contribution in [-0.4, -0.2) is 4.98 Å². The van der Waals surface area contributed by atoms with Crippen molar-refractivity contribution < 1.29 is 0 Å². The van der Waals surface area contributed by atoms with Crippen LogP contribution in [0.2, 0.25) is 0 Å². The quantitative estimate of drug-likeness (QED) is 0.774. The molecule has 1 aromatic rings. The Bertz CT molecular complexity index is 279. The van der Waals surface area contributed by atoms with Crippen molar-refractivity contribution in [2.75, 3.05) is 0 Å². The Morgan fingerprint density at radius 1 is 1.21 bits per heavy atom. The van der Waals surface area contributed by atoms with E-state index in [9.17, 15) is 0 Å². The summed E-state index contributed by atoms with van der Waals surface area (Å²) in [4.78, 5) is 6.14. The van der Waals surface area contributed by atoms with E-state index in [2.05, 4.69) is 4.98 Å². The second kappa shape index (κ2) is 4.41. The van der Waals surface area contributed by atoms with Crippen molar-refractivity contribution in [2.45, 2.75) is 51.5 Å². The lowest BCUT2D eigenvalue weighted by molar-refractivity contribution is 0.614. The van der Waals surface area contributed by atoms with Gasteiger partial charge in [0.25, 0.3) is 0 Å². The molecule has 1 heterocycles. The molecule has 2 rings (SSSR count). The van der Waals surface area contributed by atoms with Crippen LogP contribution in [0.25, 0.3) is 0 Å². The van der Waals surface area contributed by atoms with Crippen LogP contribution in [0.3, 0.4) is 0 Å². The highest BCUT2D eigenvalue weighted by molar-refractivity contribution is 7.11. The minimum atomic E-state index is 0.105. The molecule has 1 aliphatic rings. The summed E-state index contributed by atoms with van der Waals surface area (Å²) in [5.41, 5.74) is 7.19. The first-order valence-corrected chi connectivity index (χ1v) is 6.33. The normalized spacial score (nSPS) is 19.6.